The van der Waals surface area contributed by atoms with Gasteiger partial charge in [0.05, 0.1) is 28.9 Å². The number of fused-ring (bicyclic) bond motifs is 1. The third-order valence-electron chi connectivity index (χ3n) is 5.88. The fourth-order valence-electron chi connectivity index (χ4n) is 4.08. The lowest BCUT2D eigenvalue weighted by molar-refractivity contribution is -0.120. The minimum absolute atomic E-state index is 0.0703. The Balaban J connectivity index is 1.65. The van der Waals surface area contributed by atoms with Crippen LogP contribution in [0.5, 0.6) is 0 Å². The van der Waals surface area contributed by atoms with Crippen molar-refractivity contribution in [2.24, 2.45) is 0 Å². The number of hydrogen-bond acceptors (Lipinski definition) is 5. The summed E-state index contributed by atoms with van der Waals surface area (Å²) >= 11 is 5.84. The largest absolute Gasteiger partial charge is 0.381 e. The molecule has 1 unspecified atom stereocenters. The molecule has 1 aliphatic rings. The zero-order valence-corrected chi connectivity index (χ0v) is 18.7. The van der Waals surface area contributed by atoms with E-state index in [0.717, 1.165) is 5.39 Å². The molecule has 1 aliphatic carbocycles. The predicted molar refractivity (Wildman–Crippen MR) is 121 cm³/mol. The Morgan fingerprint density at radius 2 is 2.06 bits per heavy atom. The third kappa shape index (κ3) is 4.46. The highest BCUT2D eigenvalue weighted by atomic mass is 35.5. The molecule has 1 amide bonds. The molecule has 7 nitrogen and oxygen atoms in total. The van der Waals surface area contributed by atoms with Gasteiger partial charge >= 0.3 is 0 Å². The van der Waals surface area contributed by atoms with Crippen LogP contribution in [-0.4, -0.2) is 32.5 Å². The molecule has 168 valence electrons. The minimum atomic E-state index is -0.575. The Hall–Kier alpha value is -3.00. The van der Waals surface area contributed by atoms with E-state index in [0.29, 0.717) is 59.7 Å². The van der Waals surface area contributed by atoms with Crippen LogP contribution in [0.4, 0.5) is 10.1 Å². The second-order valence-electron chi connectivity index (χ2n) is 8.06. The first-order valence-corrected chi connectivity index (χ1v) is 11.1. The van der Waals surface area contributed by atoms with E-state index in [1.807, 2.05) is 6.92 Å². The fourth-order valence-corrected chi connectivity index (χ4v) is 4.24. The maximum absolute atomic E-state index is 14.3. The van der Waals surface area contributed by atoms with Crippen LogP contribution in [0.1, 0.15) is 61.5 Å². The lowest BCUT2D eigenvalue weighted by Crippen LogP contribution is -2.30. The number of carbonyl (C=O) groups is 2. The Kier molecular flexibility index (Phi) is 6.41. The summed E-state index contributed by atoms with van der Waals surface area (Å²) in [5.41, 5.74) is 2.01. The average molecular weight is 458 g/mol. The minimum Gasteiger partial charge on any atom is -0.381 e. The highest BCUT2D eigenvalue weighted by molar-refractivity contribution is 6.30. The molecule has 32 heavy (non-hydrogen) atoms. The number of ketones is 1. The van der Waals surface area contributed by atoms with Gasteiger partial charge in [0.1, 0.15) is 11.6 Å². The van der Waals surface area contributed by atoms with E-state index in [4.69, 9.17) is 11.6 Å². The molecular formula is C23H25ClFN5O2. The quantitative estimate of drug-likeness (QED) is 0.562. The summed E-state index contributed by atoms with van der Waals surface area (Å²) in [5, 5.41) is 11.7. The number of rotatable bonds is 6. The van der Waals surface area contributed by atoms with Crippen LogP contribution in [0.3, 0.4) is 0 Å². The van der Waals surface area contributed by atoms with Crippen molar-refractivity contribution >= 4 is 40.0 Å². The van der Waals surface area contributed by atoms with Crippen LogP contribution in [0.15, 0.2) is 30.6 Å². The van der Waals surface area contributed by atoms with Crippen LogP contribution in [0, 0.1) is 5.82 Å². The first-order valence-electron chi connectivity index (χ1n) is 10.8. The summed E-state index contributed by atoms with van der Waals surface area (Å²) in [7, 11) is 0. The number of Topliss-reactive ketones (excluding diaryl/α,β-unsaturated/α-hetero) is 1. The Bertz CT molecular complexity index is 1170. The van der Waals surface area contributed by atoms with E-state index in [1.54, 1.807) is 29.9 Å². The van der Waals surface area contributed by atoms with Gasteiger partial charge < -0.3 is 10.6 Å². The molecule has 1 fully saturated rings. The van der Waals surface area contributed by atoms with E-state index in [2.05, 4.69) is 20.7 Å². The maximum Gasteiger partial charge on any atom is 0.255 e. The van der Waals surface area contributed by atoms with E-state index >= 15 is 0 Å². The van der Waals surface area contributed by atoms with Crippen molar-refractivity contribution < 1.29 is 14.0 Å². The van der Waals surface area contributed by atoms with Gasteiger partial charge in [-0.2, -0.15) is 5.10 Å². The smallest absolute Gasteiger partial charge is 0.255 e. The van der Waals surface area contributed by atoms with Gasteiger partial charge in [0.2, 0.25) is 0 Å². The Labute approximate surface area is 190 Å². The lowest BCUT2D eigenvalue weighted by Gasteiger charge is -2.25. The number of halogens is 2. The molecule has 3 aromatic rings. The van der Waals surface area contributed by atoms with Crippen molar-refractivity contribution in [3.8, 4) is 0 Å². The number of pyridine rings is 1. The third-order valence-corrected chi connectivity index (χ3v) is 6.11. The normalized spacial score (nSPS) is 15.7. The number of nitrogens with one attached hydrogen (secondary N) is 2. The maximum atomic E-state index is 14.3. The first-order chi connectivity index (χ1) is 15.4. The topological polar surface area (TPSA) is 88.9 Å². The number of benzene rings is 1. The monoisotopic (exact) mass is 457 g/mol. The molecule has 0 aliphatic heterocycles. The van der Waals surface area contributed by atoms with Crippen LogP contribution in [0.25, 0.3) is 11.0 Å². The summed E-state index contributed by atoms with van der Waals surface area (Å²) in [6, 6.07) is 3.87. The Morgan fingerprint density at radius 1 is 1.31 bits per heavy atom. The van der Waals surface area contributed by atoms with Gasteiger partial charge in [-0.05, 0) is 38.8 Å². The standard InChI is InChI=1S/C23H25ClFN5O2/c1-3-30-22-18(12-27-30)21(29-15-5-7-16(31)8-6-15)19(11-26-22)23(32)28-13(2)17-9-4-14(24)10-20(17)25/h4,9-13,15H,3,5-8H2,1-2H3,(H,26,29)(H,28,32). The summed E-state index contributed by atoms with van der Waals surface area (Å²) in [5.74, 6) is -0.591. The van der Waals surface area contributed by atoms with Gasteiger partial charge in [-0.15, -0.1) is 0 Å². The van der Waals surface area contributed by atoms with Crippen molar-refractivity contribution in [2.45, 2.75) is 58.2 Å². The molecule has 1 aromatic carbocycles. The summed E-state index contributed by atoms with van der Waals surface area (Å²) in [4.78, 5) is 29.3. The second kappa shape index (κ2) is 9.24. The van der Waals surface area contributed by atoms with Gasteiger partial charge in [0, 0.05) is 42.2 Å². The van der Waals surface area contributed by atoms with E-state index in [1.165, 1.54) is 12.3 Å². The SMILES string of the molecule is CCn1ncc2c(NC3CCC(=O)CC3)c(C(=O)NC(C)c3ccc(Cl)cc3F)cnc21. The van der Waals surface area contributed by atoms with Gasteiger partial charge in [-0.1, -0.05) is 17.7 Å². The van der Waals surface area contributed by atoms with Gasteiger partial charge in [0.25, 0.3) is 5.91 Å². The number of amides is 1. The van der Waals surface area contributed by atoms with Crippen molar-refractivity contribution in [1.82, 2.24) is 20.1 Å². The van der Waals surface area contributed by atoms with Crippen LogP contribution in [0.2, 0.25) is 5.02 Å². The highest BCUT2D eigenvalue weighted by Crippen LogP contribution is 2.30. The lowest BCUT2D eigenvalue weighted by atomic mass is 9.94. The molecule has 0 radical (unpaired) electrons. The number of nitrogens with zero attached hydrogens (tertiary/aromatic N) is 3. The molecule has 0 saturated heterocycles. The van der Waals surface area contributed by atoms with E-state index in [-0.39, 0.29) is 17.7 Å². The van der Waals surface area contributed by atoms with Crippen molar-refractivity contribution in [3.05, 3.63) is 52.6 Å². The van der Waals surface area contributed by atoms with Crippen LogP contribution in [-0.2, 0) is 11.3 Å². The van der Waals surface area contributed by atoms with Crippen molar-refractivity contribution in [2.75, 3.05) is 5.32 Å². The first kappa shape index (κ1) is 22.2. The van der Waals surface area contributed by atoms with E-state index < -0.39 is 11.9 Å². The molecule has 4 rings (SSSR count). The number of aryl methyl sites for hydroxylation is 1. The van der Waals surface area contributed by atoms with Gasteiger partial charge in [-0.25, -0.2) is 14.1 Å². The van der Waals surface area contributed by atoms with Gasteiger partial charge in [0.15, 0.2) is 5.65 Å². The van der Waals surface area contributed by atoms with E-state index in [9.17, 15) is 14.0 Å². The molecule has 2 heterocycles. The average Bonchev–Trinajstić information content (AvgIpc) is 3.19. The zero-order chi connectivity index (χ0) is 22.8. The number of hydrogen-bond donors (Lipinski definition) is 2. The molecule has 2 aromatic heterocycles. The highest BCUT2D eigenvalue weighted by Gasteiger charge is 2.25. The Morgan fingerprint density at radius 3 is 2.75 bits per heavy atom. The zero-order valence-electron chi connectivity index (χ0n) is 18.0. The molecule has 9 heteroatoms. The number of anilines is 1. The van der Waals surface area contributed by atoms with Crippen LogP contribution < -0.4 is 10.6 Å². The van der Waals surface area contributed by atoms with Gasteiger partial charge in [-0.3, -0.25) is 9.59 Å². The molecular weight excluding hydrogens is 433 g/mol. The predicted octanol–water partition coefficient (Wildman–Crippen LogP) is 4.66. The van der Waals surface area contributed by atoms with Crippen molar-refractivity contribution in [1.29, 1.82) is 0 Å². The summed E-state index contributed by atoms with van der Waals surface area (Å²) in [6.07, 6.45) is 5.67. The number of carbonyl (C=O) groups excluding carboxylic acids is 2. The van der Waals surface area contributed by atoms with Crippen molar-refractivity contribution in [3.63, 3.8) is 0 Å². The summed E-state index contributed by atoms with van der Waals surface area (Å²) in [6.45, 7) is 4.33. The molecule has 0 bridgehead atoms. The fraction of sp³-hybridized carbons (Fsp3) is 0.391. The molecule has 2 N–H and O–H groups in total. The second-order valence-corrected chi connectivity index (χ2v) is 8.50. The van der Waals surface area contributed by atoms with Crippen LogP contribution >= 0.6 is 11.6 Å². The molecule has 0 spiro atoms. The molecule has 1 saturated carbocycles. The summed E-state index contributed by atoms with van der Waals surface area (Å²) < 4.78 is 16.1. The number of aromatic nitrogens is 3. The molecule has 1 atom stereocenters.